The number of hydrogen-bond donors (Lipinski definition) is 2. The van der Waals surface area contributed by atoms with Gasteiger partial charge >= 0.3 is 0 Å². The highest BCUT2D eigenvalue weighted by atomic mass is 16.2. The molecule has 0 radical (unpaired) electrons. The Bertz CT molecular complexity index is 484. The first-order chi connectivity index (χ1) is 8.81. The standard InChI is InChI=1S/C14H16N2O2/c17-9-2-1-4-12-5-3-8-15-13(12)14(18)16-10-11-6-7-11/h3,5,8,11,17H,2,6-7,9-10H2,(H,16,18). The van der Waals surface area contributed by atoms with Crippen molar-refractivity contribution in [2.45, 2.75) is 19.3 Å². The lowest BCUT2D eigenvalue weighted by atomic mass is 10.2. The Balaban J connectivity index is 2.05. The first kappa shape index (κ1) is 12.6. The molecule has 0 spiro atoms. The highest BCUT2D eigenvalue weighted by molar-refractivity contribution is 5.94. The number of carbonyl (C=O) groups is 1. The van der Waals surface area contributed by atoms with Crippen molar-refractivity contribution in [1.29, 1.82) is 0 Å². The summed E-state index contributed by atoms with van der Waals surface area (Å²) in [4.78, 5) is 16.0. The van der Waals surface area contributed by atoms with Gasteiger partial charge in [0.1, 0.15) is 5.69 Å². The lowest BCUT2D eigenvalue weighted by Crippen LogP contribution is -2.27. The Morgan fingerprint density at radius 2 is 2.39 bits per heavy atom. The van der Waals surface area contributed by atoms with Crippen LogP contribution < -0.4 is 5.32 Å². The van der Waals surface area contributed by atoms with Crippen molar-refractivity contribution in [2.75, 3.05) is 13.2 Å². The van der Waals surface area contributed by atoms with Crippen molar-refractivity contribution in [3.8, 4) is 11.8 Å². The predicted octanol–water partition coefficient (Wildman–Crippen LogP) is 0.955. The van der Waals surface area contributed by atoms with Gasteiger partial charge in [0.2, 0.25) is 0 Å². The molecule has 1 aromatic rings. The van der Waals surface area contributed by atoms with Gasteiger partial charge in [-0.25, -0.2) is 4.98 Å². The molecule has 4 heteroatoms. The number of nitrogens with one attached hydrogen (secondary N) is 1. The molecule has 18 heavy (non-hydrogen) atoms. The summed E-state index contributed by atoms with van der Waals surface area (Å²) in [5.74, 6) is 6.14. The zero-order chi connectivity index (χ0) is 12.8. The minimum absolute atomic E-state index is 0.0243. The van der Waals surface area contributed by atoms with Crippen LogP contribution in [0.25, 0.3) is 0 Å². The van der Waals surface area contributed by atoms with Crippen molar-refractivity contribution < 1.29 is 9.90 Å². The highest BCUT2D eigenvalue weighted by Crippen LogP contribution is 2.27. The van der Waals surface area contributed by atoms with Crippen molar-refractivity contribution >= 4 is 5.91 Å². The Kier molecular flexibility index (Phi) is 4.32. The van der Waals surface area contributed by atoms with Crippen LogP contribution >= 0.6 is 0 Å². The molecule has 0 unspecified atom stereocenters. The van der Waals surface area contributed by atoms with Gasteiger partial charge in [-0.3, -0.25) is 4.79 Å². The molecule has 0 saturated heterocycles. The summed E-state index contributed by atoms with van der Waals surface area (Å²) < 4.78 is 0. The van der Waals surface area contributed by atoms with Crippen LogP contribution in [0, 0.1) is 17.8 Å². The second-order valence-electron chi connectivity index (χ2n) is 4.33. The molecule has 1 fully saturated rings. The van der Waals surface area contributed by atoms with E-state index in [0.717, 1.165) is 6.54 Å². The molecule has 1 saturated carbocycles. The van der Waals surface area contributed by atoms with E-state index in [1.165, 1.54) is 12.8 Å². The highest BCUT2D eigenvalue weighted by Gasteiger charge is 2.22. The monoisotopic (exact) mass is 244 g/mol. The van der Waals surface area contributed by atoms with E-state index in [1.54, 1.807) is 18.3 Å². The number of amides is 1. The van der Waals surface area contributed by atoms with Gasteiger partial charge in [-0.05, 0) is 30.9 Å². The fourth-order valence-electron chi connectivity index (χ4n) is 1.54. The summed E-state index contributed by atoms with van der Waals surface area (Å²) in [7, 11) is 0. The number of carbonyl (C=O) groups excluding carboxylic acids is 1. The zero-order valence-electron chi connectivity index (χ0n) is 10.1. The molecule has 94 valence electrons. The van der Waals surface area contributed by atoms with Gasteiger partial charge in [-0.1, -0.05) is 11.8 Å². The average Bonchev–Trinajstić information content (AvgIpc) is 3.21. The third-order valence-corrected chi connectivity index (χ3v) is 2.73. The largest absolute Gasteiger partial charge is 0.395 e. The molecular weight excluding hydrogens is 228 g/mol. The third kappa shape index (κ3) is 3.57. The van der Waals surface area contributed by atoms with Crippen LogP contribution in [0.15, 0.2) is 18.3 Å². The maximum atomic E-state index is 11.9. The van der Waals surface area contributed by atoms with Crippen LogP contribution in [-0.2, 0) is 0 Å². The van der Waals surface area contributed by atoms with Gasteiger partial charge in [0.15, 0.2) is 0 Å². The molecule has 0 aromatic carbocycles. The van der Waals surface area contributed by atoms with Crippen LogP contribution in [0.2, 0.25) is 0 Å². The zero-order valence-corrected chi connectivity index (χ0v) is 10.1. The van der Waals surface area contributed by atoms with Gasteiger partial charge in [-0.2, -0.15) is 0 Å². The molecule has 0 aliphatic heterocycles. The summed E-state index contributed by atoms with van der Waals surface area (Å²) in [5.41, 5.74) is 0.975. The molecule has 1 aromatic heterocycles. The van der Waals surface area contributed by atoms with Crippen molar-refractivity contribution in [2.24, 2.45) is 5.92 Å². The van der Waals surface area contributed by atoms with Crippen molar-refractivity contribution in [3.05, 3.63) is 29.6 Å². The van der Waals surface area contributed by atoms with Crippen molar-refractivity contribution in [1.82, 2.24) is 10.3 Å². The molecule has 0 bridgehead atoms. The quantitative estimate of drug-likeness (QED) is 0.775. The van der Waals surface area contributed by atoms with E-state index in [1.807, 2.05) is 0 Å². The molecule has 2 N–H and O–H groups in total. The van der Waals surface area contributed by atoms with E-state index in [2.05, 4.69) is 22.1 Å². The lowest BCUT2D eigenvalue weighted by molar-refractivity contribution is 0.0946. The smallest absolute Gasteiger partial charge is 0.271 e. The number of rotatable bonds is 4. The molecule has 1 aliphatic carbocycles. The molecule has 2 rings (SSSR count). The SMILES string of the molecule is O=C(NCC1CC1)c1ncccc1C#CCCO. The summed E-state index contributed by atoms with van der Waals surface area (Å²) in [6.07, 6.45) is 4.39. The fourth-order valence-corrected chi connectivity index (χ4v) is 1.54. The first-order valence-electron chi connectivity index (χ1n) is 6.14. The van der Waals surface area contributed by atoms with E-state index < -0.39 is 0 Å². The third-order valence-electron chi connectivity index (χ3n) is 2.73. The molecule has 1 heterocycles. The fraction of sp³-hybridized carbons (Fsp3) is 0.429. The van der Waals surface area contributed by atoms with Gasteiger partial charge in [-0.15, -0.1) is 0 Å². The Morgan fingerprint density at radius 3 is 3.11 bits per heavy atom. The normalized spacial score (nSPS) is 13.6. The summed E-state index contributed by atoms with van der Waals surface area (Å²) >= 11 is 0. The second kappa shape index (κ2) is 6.18. The number of aliphatic hydroxyl groups excluding tert-OH is 1. The Labute approximate surface area is 106 Å². The summed E-state index contributed by atoms with van der Waals surface area (Å²) in [6.45, 7) is 0.745. The van der Waals surface area contributed by atoms with Gasteiger partial charge in [0.25, 0.3) is 5.91 Å². The van der Waals surface area contributed by atoms with Gasteiger partial charge in [0, 0.05) is 19.2 Å². The maximum absolute atomic E-state index is 11.9. The number of pyridine rings is 1. The lowest BCUT2D eigenvalue weighted by Gasteiger charge is -2.04. The molecule has 4 nitrogen and oxygen atoms in total. The first-order valence-corrected chi connectivity index (χ1v) is 6.14. The molecule has 1 aliphatic rings. The van der Waals surface area contributed by atoms with Crippen LogP contribution in [0.3, 0.4) is 0 Å². The maximum Gasteiger partial charge on any atom is 0.271 e. The van der Waals surface area contributed by atoms with E-state index in [-0.39, 0.29) is 12.5 Å². The molecule has 0 atom stereocenters. The van der Waals surface area contributed by atoms with Crippen LogP contribution in [-0.4, -0.2) is 29.1 Å². The molecule has 1 amide bonds. The number of aliphatic hydroxyl groups is 1. The Hall–Kier alpha value is -1.86. The summed E-state index contributed by atoms with van der Waals surface area (Å²) in [6, 6.07) is 3.52. The minimum atomic E-state index is -0.171. The minimum Gasteiger partial charge on any atom is -0.395 e. The number of aromatic nitrogens is 1. The average molecular weight is 244 g/mol. The van der Waals surface area contributed by atoms with E-state index in [4.69, 9.17) is 5.11 Å². The number of nitrogens with zero attached hydrogens (tertiary/aromatic N) is 1. The van der Waals surface area contributed by atoms with Gasteiger partial charge < -0.3 is 10.4 Å². The predicted molar refractivity (Wildman–Crippen MR) is 67.9 cm³/mol. The summed E-state index contributed by atoms with van der Waals surface area (Å²) in [5, 5.41) is 11.6. The van der Waals surface area contributed by atoms with E-state index in [0.29, 0.717) is 23.6 Å². The van der Waals surface area contributed by atoms with E-state index >= 15 is 0 Å². The van der Waals surface area contributed by atoms with Crippen molar-refractivity contribution in [3.63, 3.8) is 0 Å². The topological polar surface area (TPSA) is 62.2 Å². The number of hydrogen-bond acceptors (Lipinski definition) is 3. The second-order valence-corrected chi connectivity index (χ2v) is 4.33. The Morgan fingerprint density at radius 1 is 1.56 bits per heavy atom. The molecular formula is C14H16N2O2. The van der Waals surface area contributed by atoms with Crippen LogP contribution in [0.4, 0.5) is 0 Å². The van der Waals surface area contributed by atoms with Crippen LogP contribution in [0.5, 0.6) is 0 Å². The van der Waals surface area contributed by atoms with Crippen LogP contribution in [0.1, 0.15) is 35.3 Å². The van der Waals surface area contributed by atoms with E-state index in [9.17, 15) is 4.79 Å². The van der Waals surface area contributed by atoms with Gasteiger partial charge in [0.05, 0.1) is 12.2 Å².